The zero-order valence-corrected chi connectivity index (χ0v) is 9.77. The molecule has 4 nitrogen and oxygen atoms in total. The van der Waals surface area contributed by atoms with E-state index in [4.69, 9.17) is 11.5 Å². The van der Waals surface area contributed by atoms with E-state index in [1.807, 2.05) is 6.07 Å². The summed E-state index contributed by atoms with van der Waals surface area (Å²) >= 11 is 0. The van der Waals surface area contributed by atoms with E-state index in [9.17, 15) is 0 Å². The lowest BCUT2D eigenvalue weighted by Gasteiger charge is -2.07. The second-order valence-electron chi connectivity index (χ2n) is 4.54. The van der Waals surface area contributed by atoms with Gasteiger partial charge in [0.2, 0.25) is 0 Å². The Kier molecular flexibility index (Phi) is 2.83. The van der Waals surface area contributed by atoms with Crippen LogP contribution in [0.15, 0.2) is 18.5 Å². The summed E-state index contributed by atoms with van der Waals surface area (Å²) in [4.78, 5) is 4.38. The summed E-state index contributed by atoms with van der Waals surface area (Å²) in [6, 6.07) is 1.95. The molecule has 16 heavy (non-hydrogen) atoms. The Bertz CT molecular complexity index is 499. The van der Waals surface area contributed by atoms with Gasteiger partial charge in [-0.25, -0.2) is 4.98 Å². The van der Waals surface area contributed by atoms with Crippen molar-refractivity contribution >= 4 is 16.7 Å². The number of nitrogens with zero attached hydrogens (tertiary/aromatic N) is 2. The molecule has 0 aromatic carbocycles. The molecule has 2 aromatic heterocycles. The molecule has 0 spiro atoms. The van der Waals surface area contributed by atoms with Crippen molar-refractivity contribution in [2.45, 2.75) is 26.9 Å². The van der Waals surface area contributed by atoms with Crippen molar-refractivity contribution in [3.63, 3.8) is 0 Å². The summed E-state index contributed by atoms with van der Waals surface area (Å²) in [5, 5.41) is 1.07. The topological polar surface area (TPSA) is 69.9 Å². The van der Waals surface area contributed by atoms with Crippen molar-refractivity contribution in [1.82, 2.24) is 9.55 Å². The molecule has 0 aliphatic rings. The Balaban J connectivity index is 2.58. The molecular formula is C12H18N4. The Morgan fingerprint density at radius 3 is 2.81 bits per heavy atom. The molecule has 86 valence electrons. The van der Waals surface area contributed by atoms with E-state index in [0.717, 1.165) is 23.1 Å². The van der Waals surface area contributed by atoms with Crippen molar-refractivity contribution in [2.75, 3.05) is 5.73 Å². The first-order valence-electron chi connectivity index (χ1n) is 5.55. The fraction of sp³-hybridized carbons (Fsp3) is 0.417. The van der Waals surface area contributed by atoms with Gasteiger partial charge in [-0.15, -0.1) is 0 Å². The summed E-state index contributed by atoms with van der Waals surface area (Å²) < 4.78 is 2.15. The van der Waals surface area contributed by atoms with Crippen molar-refractivity contribution in [1.29, 1.82) is 0 Å². The van der Waals surface area contributed by atoms with Crippen molar-refractivity contribution in [2.24, 2.45) is 11.7 Å². The number of nitrogens with two attached hydrogens (primary N) is 2. The lowest BCUT2D eigenvalue weighted by Crippen LogP contribution is -2.03. The van der Waals surface area contributed by atoms with Gasteiger partial charge in [0.1, 0.15) is 5.65 Å². The third-order valence-electron chi connectivity index (χ3n) is 2.60. The number of fused-ring (bicyclic) bond motifs is 1. The minimum Gasteiger partial charge on any atom is -0.397 e. The average molecular weight is 218 g/mol. The summed E-state index contributed by atoms with van der Waals surface area (Å²) in [5.41, 5.74) is 14.2. The fourth-order valence-electron chi connectivity index (χ4n) is 1.95. The maximum absolute atomic E-state index is 5.75. The van der Waals surface area contributed by atoms with Gasteiger partial charge in [-0.1, -0.05) is 13.8 Å². The van der Waals surface area contributed by atoms with E-state index in [-0.39, 0.29) is 0 Å². The standard InChI is InChI=1S/C12H18N4/c1-8(2)6-16-7-9(4-13)11-3-10(14)5-15-12(11)16/h3,5,7-8H,4,6,13-14H2,1-2H3. The van der Waals surface area contributed by atoms with Crippen molar-refractivity contribution in [3.05, 3.63) is 24.0 Å². The van der Waals surface area contributed by atoms with Gasteiger partial charge in [0, 0.05) is 24.7 Å². The van der Waals surface area contributed by atoms with Crippen LogP contribution in [0.2, 0.25) is 0 Å². The SMILES string of the molecule is CC(C)Cn1cc(CN)c2cc(N)cnc21. The molecule has 0 fully saturated rings. The Labute approximate surface area is 95.3 Å². The predicted octanol–water partition coefficient (Wildman–Crippen LogP) is 1.73. The molecule has 0 amide bonds. The third kappa shape index (κ3) is 1.88. The van der Waals surface area contributed by atoms with Crippen LogP contribution in [-0.2, 0) is 13.1 Å². The van der Waals surface area contributed by atoms with Crippen LogP contribution in [0.4, 0.5) is 5.69 Å². The molecule has 4 heteroatoms. The zero-order chi connectivity index (χ0) is 11.7. The van der Waals surface area contributed by atoms with Gasteiger partial charge in [0.25, 0.3) is 0 Å². The van der Waals surface area contributed by atoms with Crippen LogP contribution < -0.4 is 11.5 Å². The molecule has 0 aliphatic carbocycles. The van der Waals surface area contributed by atoms with Crippen molar-refractivity contribution < 1.29 is 0 Å². The monoisotopic (exact) mass is 218 g/mol. The Morgan fingerprint density at radius 1 is 1.44 bits per heavy atom. The highest BCUT2D eigenvalue weighted by Crippen LogP contribution is 2.22. The first kappa shape index (κ1) is 11.0. The molecule has 2 rings (SSSR count). The van der Waals surface area contributed by atoms with E-state index in [1.165, 1.54) is 0 Å². The molecule has 0 atom stereocenters. The molecule has 2 aromatic rings. The lowest BCUT2D eigenvalue weighted by molar-refractivity contribution is 0.532. The van der Waals surface area contributed by atoms with Crippen LogP contribution in [0, 0.1) is 5.92 Å². The number of pyridine rings is 1. The van der Waals surface area contributed by atoms with Crippen molar-refractivity contribution in [3.8, 4) is 0 Å². The predicted molar refractivity (Wildman–Crippen MR) is 66.9 cm³/mol. The van der Waals surface area contributed by atoms with E-state index < -0.39 is 0 Å². The smallest absolute Gasteiger partial charge is 0.140 e. The van der Waals surface area contributed by atoms with Gasteiger partial charge < -0.3 is 16.0 Å². The maximum atomic E-state index is 5.75. The summed E-state index contributed by atoms with van der Waals surface area (Å²) in [6.45, 7) is 5.84. The van der Waals surface area contributed by atoms with Crippen LogP contribution in [0.1, 0.15) is 19.4 Å². The molecule has 0 unspecified atom stereocenters. The number of rotatable bonds is 3. The molecule has 0 saturated heterocycles. The Morgan fingerprint density at radius 2 is 2.19 bits per heavy atom. The van der Waals surface area contributed by atoms with E-state index >= 15 is 0 Å². The van der Waals surface area contributed by atoms with Crippen LogP contribution in [0.5, 0.6) is 0 Å². The van der Waals surface area contributed by atoms with Gasteiger partial charge >= 0.3 is 0 Å². The first-order valence-corrected chi connectivity index (χ1v) is 5.55. The minimum absolute atomic E-state index is 0.521. The molecule has 4 N–H and O–H groups in total. The molecule has 2 heterocycles. The highest BCUT2D eigenvalue weighted by molar-refractivity contribution is 5.83. The summed E-state index contributed by atoms with van der Waals surface area (Å²) in [6.07, 6.45) is 3.77. The van der Waals surface area contributed by atoms with E-state index in [2.05, 4.69) is 29.6 Å². The van der Waals surface area contributed by atoms with Gasteiger partial charge in [0.05, 0.1) is 11.9 Å². The molecule has 0 aliphatic heterocycles. The molecule has 0 saturated carbocycles. The van der Waals surface area contributed by atoms with Gasteiger partial charge in [-0.2, -0.15) is 0 Å². The van der Waals surface area contributed by atoms with Crippen LogP contribution >= 0.6 is 0 Å². The maximum Gasteiger partial charge on any atom is 0.140 e. The quantitative estimate of drug-likeness (QED) is 0.824. The fourth-order valence-corrected chi connectivity index (χ4v) is 1.95. The lowest BCUT2D eigenvalue weighted by atomic mass is 10.2. The van der Waals surface area contributed by atoms with E-state index in [1.54, 1.807) is 6.20 Å². The summed E-state index contributed by atoms with van der Waals surface area (Å²) in [5.74, 6) is 0.584. The number of nitrogen functional groups attached to an aromatic ring is 1. The van der Waals surface area contributed by atoms with Crippen LogP contribution in [-0.4, -0.2) is 9.55 Å². The Hall–Kier alpha value is -1.55. The average Bonchev–Trinajstić information content (AvgIpc) is 2.55. The number of aromatic nitrogens is 2. The number of anilines is 1. The third-order valence-corrected chi connectivity index (χ3v) is 2.60. The minimum atomic E-state index is 0.521. The van der Waals surface area contributed by atoms with Crippen LogP contribution in [0.3, 0.4) is 0 Å². The number of hydrogen-bond donors (Lipinski definition) is 2. The molecular weight excluding hydrogens is 200 g/mol. The van der Waals surface area contributed by atoms with Gasteiger partial charge in [0.15, 0.2) is 0 Å². The van der Waals surface area contributed by atoms with E-state index in [0.29, 0.717) is 18.2 Å². The normalized spacial score (nSPS) is 11.5. The second kappa shape index (κ2) is 4.14. The second-order valence-corrected chi connectivity index (χ2v) is 4.54. The molecule has 0 bridgehead atoms. The largest absolute Gasteiger partial charge is 0.397 e. The first-order chi connectivity index (χ1) is 7.61. The van der Waals surface area contributed by atoms with Gasteiger partial charge in [-0.3, -0.25) is 0 Å². The number of hydrogen-bond acceptors (Lipinski definition) is 3. The molecule has 0 radical (unpaired) electrons. The van der Waals surface area contributed by atoms with Crippen LogP contribution in [0.25, 0.3) is 11.0 Å². The highest BCUT2D eigenvalue weighted by atomic mass is 15.0. The zero-order valence-electron chi connectivity index (χ0n) is 9.77. The highest BCUT2D eigenvalue weighted by Gasteiger charge is 2.09. The summed E-state index contributed by atoms with van der Waals surface area (Å²) in [7, 11) is 0. The van der Waals surface area contributed by atoms with Gasteiger partial charge in [-0.05, 0) is 17.5 Å².